The first-order valence-corrected chi connectivity index (χ1v) is 5.60. The molecule has 0 fully saturated rings. The van der Waals surface area contributed by atoms with E-state index in [0.717, 1.165) is 13.0 Å². The summed E-state index contributed by atoms with van der Waals surface area (Å²) in [5.41, 5.74) is 5.51. The molecule has 0 spiro atoms. The lowest BCUT2D eigenvalue weighted by Crippen LogP contribution is -2.27. The average molecular weight is 200 g/mol. The standard InChI is InChI=1S/C13H16N2/c1-8-3-4-12-11(7-8)10-5-6-14-9(2)13(10)15-12/h3-4,7,9,14-15H,5-6H2,1-2H3. The van der Waals surface area contributed by atoms with Gasteiger partial charge in [0, 0.05) is 22.6 Å². The lowest BCUT2D eigenvalue weighted by atomic mass is 9.99. The molecule has 2 heterocycles. The monoisotopic (exact) mass is 200 g/mol. The van der Waals surface area contributed by atoms with Gasteiger partial charge in [0.15, 0.2) is 0 Å². The van der Waals surface area contributed by atoms with Crippen molar-refractivity contribution in [2.75, 3.05) is 6.54 Å². The van der Waals surface area contributed by atoms with Gasteiger partial charge in [-0.3, -0.25) is 0 Å². The largest absolute Gasteiger partial charge is 0.357 e. The molecule has 78 valence electrons. The van der Waals surface area contributed by atoms with E-state index in [4.69, 9.17) is 0 Å². The maximum absolute atomic E-state index is 3.53. The molecule has 2 N–H and O–H groups in total. The van der Waals surface area contributed by atoms with Crippen molar-refractivity contribution in [3.63, 3.8) is 0 Å². The van der Waals surface area contributed by atoms with Crippen molar-refractivity contribution >= 4 is 10.9 Å². The third kappa shape index (κ3) is 1.29. The first kappa shape index (κ1) is 8.98. The van der Waals surface area contributed by atoms with E-state index in [1.807, 2.05) is 0 Å². The molecule has 0 saturated heterocycles. The molecule has 1 aliphatic heterocycles. The molecule has 0 bridgehead atoms. The highest BCUT2D eigenvalue weighted by Gasteiger charge is 2.19. The number of fused-ring (bicyclic) bond motifs is 3. The summed E-state index contributed by atoms with van der Waals surface area (Å²) in [7, 11) is 0. The summed E-state index contributed by atoms with van der Waals surface area (Å²) in [4.78, 5) is 3.53. The van der Waals surface area contributed by atoms with Gasteiger partial charge in [-0.25, -0.2) is 0 Å². The lowest BCUT2D eigenvalue weighted by Gasteiger charge is -2.20. The van der Waals surface area contributed by atoms with Crippen molar-refractivity contribution in [2.45, 2.75) is 26.3 Å². The van der Waals surface area contributed by atoms with Crippen LogP contribution in [0.25, 0.3) is 10.9 Å². The van der Waals surface area contributed by atoms with Crippen LogP contribution in [0.15, 0.2) is 18.2 Å². The molecule has 1 atom stereocenters. The van der Waals surface area contributed by atoms with E-state index in [1.165, 1.54) is 27.7 Å². The van der Waals surface area contributed by atoms with Gasteiger partial charge in [-0.15, -0.1) is 0 Å². The molecule has 0 radical (unpaired) electrons. The third-order valence-electron chi connectivity index (χ3n) is 3.35. The highest BCUT2D eigenvalue weighted by Crippen LogP contribution is 2.30. The van der Waals surface area contributed by atoms with Crippen LogP contribution in [-0.4, -0.2) is 11.5 Å². The van der Waals surface area contributed by atoms with Crippen LogP contribution in [0, 0.1) is 6.92 Å². The van der Waals surface area contributed by atoms with Gasteiger partial charge < -0.3 is 10.3 Å². The maximum atomic E-state index is 3.53. The van der Waals surface area contributed by atoms with Gasteiger partial charge in [-0.05, 0) is 44.5 Å². The molecule has 0 amide bonds. The van der Waals surface area contributed by atoms with Crippen molar-refractivity contribution < 1.29 is 0 Å². The molecule has 1 aliphatic rings. The molecule has 1 unspecified atom stereocenters. The molecule has 15 heavy (non-hydrogen) atoms. The Bertz CT molecular complexity index is 510. The second kappa shape index (κ2) is 3.11. The highest BCUT2D eigenvalue weighted by atomic mass is 15.0. The molecular formula is C13H16N2. The van der Waals surface area contributed by atoms with Crippen molar-refractivity contribution in [2.24, 2.45) is 0 Å². The topological polar surface area (TPSA) is 27.8 Å². The van der Waals surface area contributed by atoms with E-state index in [9.17, 15) is 0 Å². The van der Waals surface area contributed by atoms with Gasteiger partial charge in [0.05, 0.1) is 0 Å². The summed E-state index contributed by atoms with van der Waals surface area (Å²) < 4.78 is 0. The predicted octanol–water partition coefficient (Wildman–Crippen LogP) is 2.68. The molecule has 0 saturated carbocycles. The van der Waals surface area contributed by atoms with Gasteiger partial charge in [0.2, 0.25) is 0 Å². The maximum Gasteiger partial charge on any atom is 0.0459 e. The fourth-order valence-electron chi connectivity index (χ4n) is 2.54. The van der Waals surface area contributed by atoms with Crippen LogP contribution in [0.3, 0.4) is 0 Å². The zero-order valence-corrected chi connectivity index (χ0v) is 9.22. The number of nitrogens with one attached hydrogen (secondary N) is 2. The number of hydrogen-bond donors (Lipinski definition) is 2. The minimum absolute atomic E-state index is 0.460. The Balaban J connectivity index is 2.31. The molecule has 2 nitrogen and oxygen atoms in total. The van der Waals surface area contributed by atoms with Gasteiger partial charge in [-0.1, -0.05) is 11.6 Å². The smallest absolute Gasteiger partial charge is 0.0459 e. The highest BCUT2D eigenvalue weighted by molar-refractivity contribution is 5.85. The Hall–Kier alpha value is -1.28. The summed E-state index contributed by atoms with van der Waals surface area (Å²) >= 11 is 0. The van der Waals surface area contributed by atoms with Crippen LogP contribution in [0.2, 0.25) is 0 Å². The third-order valence-corrected chi connectivity index (χ3v) is 3.35. The number of aryl methyl sites for hydroxylation is 1. The Kier molecular flexibility index (Phi) is 1.86. The minimum Gasteiger partial charge on any atom is -0.357 e. The second-order valence-electron chi connectivity index (χ2n) is 4.49. The van der Waals surface area contributed by atoms with Crippen LogP contribution in [-0.2, 0) is 6.42 Å². The zero-order valence-electron chi connectivity index (χ0n) is 9.22. The summed E-state index contributed by atoms with van der Waals surface area (Å²) in [6, 6.07) is 7.11. The first-order valence-electron chi connectivity index (χ1n) is 5.60. The number of rotatable bonds is 0. The van der Waals surface area contributed by atoms with E-state index in [2.05, 4.69) is 42.3 Å². The molecule has 1 aromatic heterocycles. The van der Waals surface area contributed by atoms with Crippen molar-refractivity contribution in [3.05, 3.63) is 35.0 Å². The van der Waals surface area contributed by atoms with E-state index in [1.54, 1.807) is 0 Å². The van der Waals surface area contributed by atoms with Gasteiger partial charge in [0.1, 0.15) is 0 Å². The molecule has 2 heteroatoms. The van der Waals surface area contributed by atoms with Crippen LogP contribution >= 0.6 is 0 Å². The summed E-state index contributed by atoms with van der Waals surface area (Å²) in [5.74, 6) is 0. The van der Waals surface area contributed by atoms with E-state index < -0.39 is 0 Å². The Morgan fingerprint density at radius 3 is 3.07 bits per heavy atom. The predicted molar refractivity (Wildman–Crippen MR) is 63.2 cm³/mol. The van der Waals surface area contributed by atoms with Crippen LogP contribution < -0.4 is 5.32 Å². The number of hydrogen-bond acceptors (Lipinski definition) is 1. The number of benzene rings is 1. The van der Waals surface area contributed by atoms with Gasteiger partial charge in [0.25, 0.3) is 0 Å². The summed E-state index contributed by atoms with van der Waals surface area (Å²) in [5, 5.41) is 4.90. The van der Waals surface area contributed by atoms with Crippen molar-refractivity contribution in [1.29, 1.82) is 0 Å². The second-order valence-corrected chi connectivity index (χ2v) is 4.49. The van der Waals surface area contributed by atoms with E-state index >= 15 is 0 Å². The average Bonchev–Trinajstić information content (AvgIpc) is 2.58. The van der Waals surface area contributed by atoms with Crippen molar-refractivity contribution in [3.8, 4) is 0 Å². The molecule has 0 aliphatic carbocycles. The minimum atomic E-state index is 0.460. The molecule has 1 aromatic carbocycles. The Morgan fingerprint density at radius 2 is 2.20 bits per heavy atom. The SMILES string of the molecule is Cc1ccc2[nH]c3c(c2c1)CCNC3C. The Labute approximate surface area is 89.7 Å². The van der Waals surface area contributed by atoms with Crippen LogP contribution in [0.4, 0.5) is 0 Å². The number of H-pyrrole nitrogens is 1. The Morgan fingerprint density at radius 1 is 1.33 bits per heavy atom. The van der Waals surface area contributed by atoms with E-state index in [-0.39, 0.29) is 0 Å². The lowest BCUT2D eigenvalue weighted by molar-refractivity contribution is 0.533. The summed E-state index contributed by atoms with van der Waals surface area (Å²) in [6.07, 6.45) is 1.14. The first-order chi connectivity index (χ1) is 7.25. The van der Waals surface area contributed by atoms with Crippen molar-refractivity contribution in [1.82, 2.24) is 10.3 Å². The van der Waals surface area contributed by atoms with Gasteiger partial charge >= 0.3 is 0 Å². The van der Waals surface area contributed by atoms with E-state index in [0.29, 0.717) is 6.04 Å². The normalized spacial score (nSPS) is 20.5. The molecular weight excluding hydrogens is 184 g/mol. The number of aromatic nitrogens is 1. The molecule has 3 rings (SSSR count). The zero-order chi connectivity index (χ0) is 10.4. The van der Waals surface area contributed by atoms with Gasteiger partial charge in [-0.2, -0.15) is 0 Å². The quantitative estimate of drug-likeness (QED) is 0.672. The van der Waals surface area contributed by atoms with Crippen LogP contribution in [0.1, 0.15) is 29.8 Å². The fourth-order valence-corrected chi connectivity index (χ4v) is 2.54. The molecule has 2 aromatic rings. The number of aromatic amines is 1. The fraction of sp³-hybridized carbons (Fsp3) is 0.385. The summed E-state index contributed by atoms with van der Waals surface area (Å²) in [6.45, 7) is 5.47. The van der Waals surface area contributed by atoms with Crippen LogP contribution in [0.5, 0.6) is 0 Å².